The van der Waals surface area contributed by atoms with E-state index in [0.29, 0.717) is 12.1 Å². The Morgan fingerprint density at radius 3 is 2.55 bits per heavy atom. The fraction of sp³-hybridized carbons (Fsp3) is 0.435. The molecule has 156 valence electrons. The van der Waals surface area contributed by atoms with E-state index in [2.05, 4.69) is 17.4 Å². The highest BCUT2D eigenvalue weighted by Gasteiger charge is 2.33. The molecule has 5 nitrogen and oxygen atoms in total. The number of benzene rings is 2. The average molecular weight is 415 g/mol. The molecule has 1 N–H and O–H groups in total. The minimum atomic E-state index is -3.63. The maximum Gasteiger partial charge on any atom is 0.244 e. The molecule has 3 rings (SSSR count). The highest BCUT2D eigenvalue weighted by atomic mass is 32.2. The van der Waals surface area contributed by atoms with Crippen LogP contribution in [0.25, 0.3) is 0 Å². The second kappa shape index (κ2) is 8.57. The Kier molecular flexibility index (Phi) is 6.32. The van der Waals surface area contributed by atoms with Crippen LogP contribution < -0.4 is 9.62 Å². The fourth-order valence-electron chi connectivity index (χ4n) is 4.09. The molecule has 1 amide bonds. The minimum Gasteiger partial charge on any atom is -0.347 e. The van der Waals surface area contributed by atoms with Gasteiger partial charge in [-0.15, -0.1) is 0 Å². The minimum absolute atomic E-state index is 0.0809. The Bertz CT molecular complexity index is 1000. The summed E-state index contributed by atoms with van der Waals surface area (Å²) < 4.78 is 26.6. The smallest absolute Gasteiger partial charge is 0.244 e. The molecule has 6 heteroatoms. The molecule has 29 heavy (non-hydrogen) atoms. The van der Waals surface area contributed by atoms with Crippen LogP contribution in [-0.4, -0.2) is 26.6 Å². The Labute approximate surface area is 174 Å². The van der Waals surface area contributed by atoms with Gasteiger partial charge in [0.1, 0.15) is 6.04 Å². The number of carbonyl (C=O) groups is 1. The zero-order chi connectivity index (χ0) is 21.2. The summed E-state index contributed by atoms with van der Waals surface area (Å²) in [5.41, 5.74) is 5.00. The van der Waals surface area contributed by atoms with Crippen LogP contribution in [-0.2, 0) is 21.2 Å². The number of hydrogen-bond donors (Lipinski definition) is 1. The fourth-order valence-corrected chi connectivity index (χ4v) is 5.30. The third kappa shape index (κ3) is 4.64. The van der Waals surface area contributed by atoms with E-state index in [1.165, 1.54) is 9.87 Å². The van der Waals surface area contributed by atoms with Gasteiger partial charge >= 0.3 is 0 Å². The first-order valence-corrected chi connectivity index (χ1v) is 12.0. The van der Waals surface area contributed by atoms with Gasteiger partial charge in [0, 0.05) is 0 Å². The molecule has 0 heterocycles. The summed E-state index contributed by atoms with van der Waals surface area (Å²) in [6.45, 7) is 5.77. The van der Waals surface area contributed by atoms with Crippen molar-refractivity contribution in [1.29, 1.82) is 0 Å². The highest BCUT2D eigenvalue weighted by molar-refractivity contribution is 7.92. The van der Waals surface area contributed by atoms with Gasteiger partial charge in [-0.3, -0.25) is 9.10 Å². The number of nitrogens with zero attached hydrogens (tertiary/aromatic N) is 1. The van der Waals surface area contributed by atoms with Gasteiger partial charge in [0.15, 0.2) is 0 Å². The maximum absolute atomic E-state index is 13.2. The van der Waals surface area contributed by atoms with Crippen molar-refractivity contribution in [2.45, 2.75) is 58.5 Å². The number of anilines is 1. The molecular weight excluding hydrogens is 384 g/mol. The molecule has 0 aliphatic heterocycles. The van der Waals surface area contributed by atoms with Gasteiger partial charge < -0.3 is 5.32 Å². The Hall–Kier alpha value is -2.34. The van der Waals surface area contributed by atoms with Gasteiger partial charge in [-0.2, -0.15) is 0 Å². The van der Waals surface area contributed by atoms with Crippen molar-refractivity contribution in [3.05, 3.63) is 64.7 Å². The molecule has 2 aromatic carbocycles. The molecule has 0 unspecified atom stereocenters. The standard InChI is InChI=1S/C23H30N2O3S/c1-5-22(25(29(4,27)28)19-14-13-16(2)17(3)15-19)23(26)24-21-12-8-10-18-9-6-7-11-20(18)21/h6-7,9,11,13-15,21-22H,5,8,10,12H2,1-4H3,(H,24,26)/t21-,22-/m0/s1. The van der Waals surface area contributed by atoms with Crippen LogP contribution in [0.3, 0.4) is 0 Å². The van der Waals surface area contributed by atoms with Crippen molar-refractivity contribution in [3.63, 3.8) is 0 Å². The van der Waals surface area contributed by atoms with Gasteiger partial charge in [-0.1, -0.05) is 37.3 Å². The van der Waals surface area contributed by atoms with Crippen molar-refractivity contribution in [2.75, 3.05) is 10.6 Å². The third-order valence-electron chi connectivity index (χ3n) is 5.76. The lowest BCUT2D eigenvalue weighted by Gasteiger charge is -2.33. The first-order valence-electron chi connectivity index (χ1n) is 10.2. The number of fused-ring (bicyclic) bond motifs is 1. The lowest BCUT2D eigenvalue weighted by atomic mass is 9.87. The lowest BCUT2D eigenvalue weighted by molar-refractivity contribution is -0.123. The quantitative estimate of drug-likeness (QED) is 0.776. The molecule has 0 fully saturated rings. The molecule has 2 atom stereocenters. The van der Waals surface area contributed by atoms with Crippen molar-refractivity contribution in [1.82, 2.24) is 5.32 Å². The number of aryl methyl sites for hydroxylation is 3. The Morgan fingerprint density at radius 2 is 1.90 bits per heavy atom. The number of nitrogens with one attached hydrogen (secondary N) is 1. The number of sulfonamides is 1. The van der Waals surface area contributed by atoms with Gasteiger partial charge in [-0.25, -0.2) is 8.42 Å². The van der Waals surface area contributed by atoms with Gasteiger partial charge in [0.25, 0.3) is 0 Å². The molecule has 0 saturated carbocycles. The van der Waals surface area contributed by atoms with E-state index in [9.17, 15) is 13.2 Å². The number of amides is 1. The molecule has 0 radical (unpaired) electrons. The maximum atomic E-state index is 13.2. The van der Waals surface area contributed by atoms with Crippen molar-refractivity contribution in [2.24, 2.45) is 0 Å². The molecule has 1 aliphatic rings. The zero-order valence-corrected chi connectivity index (χ0v) is 18.4. The van der Waals surface area contributed by atoms with Crippen LogP contribution in [0.1, 0.15) is 54.5 Å². The molecule has 1 aliphatic carbocycles. The summed E-state index contributed by atoms with van der Waals surface area (Å²) in [5, 5.41) is 3.13. The van der Waals surface area contributed by atoms with Crippen molar-refractivity contribution >= 4 is 21.6 Å². The molecule has 0 aromatic heterocycles. The molecule has 0 spiro atoms. The molecule has 0 bridgehead atoms. The summed E-state index contributed by atoms with van der Waals surface area (Å²) in [6.07, 6.45) is 4.43. The number of hydrogen-bond acceptors (Lipinski definition) is 3. The number of rotatable bonds is 6. The highest BCUT2D eigenvalue weighted by Crippen LogP contribution is 2.30. The van der Waals surface area contributed by atoms with E-state index in [0.717, 1.165) is 42.2 Å². The Balaban J connectivity index is 1.91. The zero-order valence-electron chi connectivity index (χ0n) is 17.6. The van der Waals surface area contributed by atoms with Crippen LogP contribution in [0.15, 0.2) is 42.5 Å². The van der Waals surface area contributed by atoms with E-state index in [1.54, 1.807) is 6.07 Å². The third-order valence-corrected chi connectivity index (χ3v) is 6.94. The lowest BCUT2D eigenvalue weighted by Crippen LogP contribution is -2.50. The van der Waals surface area contributed by atoms with E-state index >= 15 is 0 Å². The first-order chi connectivity index (χ1) is 13.7. The van der Waals surface area contributed by atoms with E-state index in [-0.39, 0.29) is 11.9 Å². The predicted octanol–water partition coefficient (Wildman–Crippen LogP) is 4.04. The van der Waals surface area contributed by atoms with E-state index < -0.39 is 16.1 Å². The van der Waals surface area contributed by atoms with Gasteiger partial charge in [0.2, 0.25) is 15.9 Å². The van der Waals surface area contributed by atoms with Crippen LogP contribution in [0.5, 0.6) is 0 Å². The van der Waals surface area contributed by atoms with Crippen LogP contribution in [0.2, 0.25) is 0 Å². The van der Waals surface area contributed by atoms with Crippen LogP contribution in [0, 0.1) is 13.8 Å². The Morgan fingerprint density at radius 1 is 1.17 bits per heavy atom. The summed E-state index contributed by atoms with van der Waals surface area (Å²) in [7, 11) is -3.63. The largest absolute Gasteiger partial charge is 0.347 e. The predicted molar refractivity (Wildman–Crippen MR) is 118 cm³/mol. The topological polar surface area (TPSA) is 66.5 Å². The van der Waals surface area contributed by atoms with Crippen molar-refractivity contribution in [3.8, 4) is 0 Å². The molecule has 0 saturated heterocycles. The summed E-state index contributed by atoms with van der Waals surface area (Å²) >= 11 is 0. The monoisotopic (exact) mass is 414 g/mol. The second-order valence-electron chi connectivity index (χ2n) is 7.90. The summed E-state index contributed by atoms with van der Waals surface area (Å²) in [5.74, 6) is -0.252. The first kappa shape index (κ1) is 21.4. The van der Waals surface area contributed by atoms with Crippen molar-refractivity contribution < 1.29 is 13.2 Å². The second-order valence-corrected chi connectivity index (χ2v) is 9.76. The van der Waals surface area contributed by atoms with Crippen LogP contribution >= 0.6 is 0 Å². The molecule has 2 aromatic rings. The van der Waals surface area contributed by atoms with Crippen LogP contribution in [0.4, 0.5) is 5.69 Å². The SMILES string of the molecule is CC[C@@H](C(=O)N[C@H]1CCCc2ccccc21)N(c1ccc(C)c(C)c1)S(C)(=O)=O. The van der Waals surface area contributed by atoms with Gasteiger partial charge in [0.05, 0.1) is 18.0 Å². The molecular formula is C23H30N2O3S. The van der Waals surface area contributed by atoms with E-state index in [4.69, 9.17) is 0 Å². The summed E-state index contributed by atoms with van der Waals surface area (Å²) in [4.78, 5) is 13.2. The van der Waals surface area contributed by atoms with Gasteiger partial charge in [-0.05, 0) is 73.9 Å². The normalized spacial score (nSPS) is 17.3. The summed E-state index contributed by atoms with van der Waals surface area (Å²) in [6, 6.07) is 12.8. The van der Waals surface area contributed by atoms with E-state index in [1.807, 2.05) is 45.0 Å². The average Bonchev–Trinajstić information content (AvgIpc) is 2.67. The number of carbonyl (C=O) groups excluding carboxylic acids is 1.